The van der Waals surface area contributed by atoms with Crippen molar-refractivity contribution in [2.24, 2.45) is 0 Å². The maximum absolute atomic E-state index is 4.45. The number of nitrogens with zero attached hydrogens (tertiary/aromatic N) is 1. The van der Waals surface area contributed by atoms with E-state index in [1.165, 1.54) is 11.1 Å². The Labute approximate surface area is 87.6 Å². The van der Waals surface area contributed by atoms with Crippen LogP contribution < -0.4 is 5.32 Å². The van der Waals surface area contributed by atoms with Gasteiger partial charge in [0.25, 0.3) is 0 Å². The monoisotopic (exact) mass is 204 g/mol. The van der Waals surface area contributed by atoms with E-state index in [4.69, 9.17) is 0 Å². The third-order valence-corrected chi connectivity index (χ3v) is 2.89. The summed E-state index contributed by atoms with van der Waals surface area (Å²) in [7, 11) is 1.89. The first-order valence-electron chi connectivity index (χ1n) is 4.50. The molecule has 0 aliphatic carbocycles. The van der Waals surface area contributed by atoms with Gasteiger partial charge in [-0.3, -0.25) is 0 Å². The van der Waals surface area contributed by atoms with Gasteiger partial charge in [-0.2, -0.15) is 0 Å². The summed E-state index contributed by atoms with van der Waals surface area (Å²) in [4.78, 5) is 4.45. The molecule has 14 heavy (non-hydrogen) atoms. The van der Waals surface area contributed by atoms with Crippen molar-refractivity contribution >= 4 is 16.5 Å². The predicted octanol–water partition coefficient (Wildman–Crippen LogP) is 3.16. The van der Waals surface area contributed by atoms with Crippen LogP contribution in [0.2, 0.25) is 0 Å². The lowest BCUT2D eigenvalue weighted by Crippen LogP contribution is -1.86. The van der Waals surface area contributed by atoms with Crippen molar-refractivity contribution < 1.29 is 0 Å². The molecular formula is C11H12N2S. The quantitative estimate of drug-likeness (QED) is 0.812. The molecule has 2 rings (SSSR count). The van der Waals surface area contributed by atoms with Gasteiger partial charge in [0.1, 0.15) is 0 Å². The lowest BCUT2D eigenvalue weighted by Gasteiger charge is -1.97. The standard InChI is InChI=1S/C11H12N2S/c1-8-4-3-5-9(6-8)10-7-14-11(12-2)13-10/h3-7H,1-2H3,(H,12,13). The Morgan fingerprint density at radius 3 is 2.86 bits per heavy atom. The van der Waals surface area contributed by atoms with Crippen LogP contribution in [-0.2, 0) is 0 Å². The summed E-state index contributed by atoms with van der Waals surface area (Å²) in [6.07, 6.45) is 0. The molecule has 2 aromatic rings. The summed E-state index contributed by atoms with van der Waals surface area (Å²) in [6.45, 7) is 2.09. The van der Waals surface area contributed by atoms with Crippen LogP contribution in [0.5, 0.6) is 0 Å². The fraction of sp³-hybridized carbons (Fsp3) is 0.182. The highest BCUT2D eigenvalue weighted by Gasteiger charge is 2.02. The fourth-order valence-corrected chi connectivity index (χ4v) is 2.01. The minimum Gasteiger partial charge on any atom is -0.365 e. The first-order chi connectivity index (χ1) is 6.79. The van der Waals surface area contributed by atoms with E-state index in [1.807, 2.05) is 7.05 Å². The van der Waals surface area contributed by atoms with E-state index in [2.05, 4.69) is 46.9 Å². The molecule has 0 aliphatic rings. The van der Waals surface area contributed by atoms with Crippen LogP contribution in [0.15, 0.2) is 29.6 Å². The Morgan fingerprint density at radius 2 is 2.21 bits per heavy atom. The first kappa shape index (κ1) is 9.21. The van der Waals surface area contributed by atoms with Crippen LogP contribution in [-0.4, -0.2) is 12.0 Å². The van der Waals surface area contributed by atoms with Crippen LogP contribution in [0.1, 0.15) is 5.56 Å². The van der Waals surface area contributed by atoms with Crippen molar-refractivity contribution in [2.75, 3.05) is 12.4 Å². The molecule has 3 heteroatoms. The lowest BCUT2D eigenvalue weighted by atomic mass is 10.1. The molecule has 0 spiro atoms. The lowest BCUT2D eigenvalue weighted by molar-refractivity contribution is 1.35. The number of hydrogen-bond acceptors (Lipinski definition) is 3. The molecule has 1 aromatic carbocycles. The van der Waals surface area contributed by atoms with Crippen molar-refractivity contribution in [2.45, 2.75) is 6.92 Å². The zero-order chi connectivity index (χ0) is 9.97. The van der Waals surface area contributed by atoms with E-state index in [9.17, 15) is 0 Å². The molecule has 0 aliphatic heterocycles. The van der Waals surface area contributed by atoms with Crippen molar-refractivity contribution in [3.63, 3.8) is 0 Å². The van der Waals surface area contributed by atoms with E-state index in [0.717, 1.165) is 10.8 Å². The van der Waals surface area contributed by atoms with Gasteiger partial charge in [0.2, 0.25) is 0 Å². The predicted molar refractivity (Wildman–Crippen MR) is 61.8 cm³/mol. The van der Waals surface area contributed by atoms with Gasteiger partial charge in [0, 0.05) is 18.0 Å². The molecule has 0 radical (unpaired) electrons. The van der Waals surface area contributed by atoms with Crippen LogP contribution in [0, 0.1) is 6.92 Å². The molecule has 0 atom stereocenters. The van der Waals surface area contributed by atoms with Gasteiger partial charge >= 0.3 is 0 Å². The molecule has 0 amide bonds. The second-order valence-electron chi connectivity index (χ2n) is 3.16. The number of hydrogen-bond donors (Lipinski definition) is 1. The molecule has 0 unspecified atom stereocenters. The highest BCUT2D eigenvalue weighted by molar-refractivity contribution is 7.14. The fourth-order valence-electron chi connectivity index (χ4n) is 1.33. The first-order valence-corrected chi connectivity index (χ1v) is 5.38. The van der Waals surface area contributed by atoms with Crippen molar-refractivity contribution in [3.8, 4) is 11.3 Å². The molecule has 0 saturated heterocycles. The van der Waals surface area contributed by atoms with E-state index in [0.29, 0.717) is 0 Å². The molecule has 0 saturated carbocycles. The van der Waals surface area contributed by atoms with Crippen molar-refractivity contribution in [1.82, 2.24) is 4.98 Å². The number of anilines is 1. The third-order valence-electron chi connectivity index (χ3n) is 2.03. The Bertz CT molecular complexity index is 434. The second kappa shape index (κ2) is 3.80. The molecule has 0 bridgehead atoms. The third kappa shape index (κ3) is 1.77. The van der Waals surface area contributed by atoms with Crippen LogP contribution >= 0.6 is 11.3 Å². The van der Waals surface area contributed by atoms with Gasteiger partial charge in [-0.25, -0.2) is 4.98 Å². The van der Waals surface area contributed by atoms with Crippen LogP contribution in [0.3, 0.4) is 0 Å². The summed E-state index contributed by atoms with van der Waals surface area (Å²) >= 11 is 1.63. The zero-order valence-corrected chi connectivity index (χ0v) is 9.06. The Morgan fingerprint density at radius 1 is 1.36 bits per heavy atom. The minimum absolute atomic E-state index is 0.960. The SMILES string of the molecule is CNc1nc(-c2cccc(C)c2)cs1. The van der Waals surface area contributed by atoms with Gasteiger partial charge < -0.3 is 5.32 Å². The van der Waals surface area contributed by atoms with Gasteiger partial charge in [0.15, 0.2) is 5.13 Å². The molecule has 1 aromatic heterocycles. The van der Waals surface area contributed by atoms with Crippen LogP contribution in [0.25, 0.3) is 11.3 Å². The summed E-state index contributed by atoms with van der Waals surface area (Å²) in [6, 6.07) is 8.38. The topological polar surface area (TPSA) is 24.9 Å². The largest absolute Gasteiger partial charge is 0.365 e. The van der Waals surface area contributed by atoms with E-state index in [-0.39, 0.29) is 0 Å². The van der Waals surface area contributed by atoms with E-state index in [1.54, 1.807) is 11.3 Å². The molecule has 1 N–H and O–H groups in total. The zero-order valence-electron chi connectivity index (χ0n) is 8.24. The summed E-state index contributed by atoms with van der Waals surface area (Å²) in [5.74, 6) is 0. The molecule has 2 nitrogen and oxygen atoms in total. The number of benzene rings is 1. The van der Waals surface area contributed by atoms with E-state index >= 15 is 0 Å². The normalized spacial score (nSPS) is 10.1. The van der Waals surface area contributed by atoms with Crippen molar-refractivity contribution in [3.05, 3.63) is 35.2 Å². The number of aromatic nitrogens is 1. The average Bonchev–Trinajstić information content (AvgIpc) is 2.66. The maximum Gasteiger partial charge on any atom is 0.182 e. The van der Waals surface area contributed by atoms with Gasteiger partial charge in [-0.1, -0.05) is 23.8 Å². The Balaban J connectivity index is 2.39. The van der Waals surface area contributed by atoms with Gasteiger partial charge in [-0.05, 0) is 13.0 Å². The van der Waals surface area contributed by atoms with E-state index < -0.39 is 0 Å². The Hall–Kier alpha value is -1.35. The second-order valence-corrected chi connectivity index (χ2v) is 4.02. The maximum atomic E-state index is 4.45. The number of rotatable bonds is 2. The number of nitrogens with one attached hydrogen (secondary N) is 1. The molecule has 72 valence electrons. The smallest absolute Gasteiger partial charge is 0.182 e. The summed E-state index contributed by atoms with van der Waals surface area (Å²) in [5, 5.41) is 6.07. The average molecular weight is 204 g/mol. The molecular weight excluding hydrogens is 192 g/mol. The van der Waals surface area contributed by atoms with Crippen molar-refractivity contribution in [1.29, 1.82) is 0 Å². The summed E-state index contributed by atoms with van der Waals surface area (Å²) < 4.78 is 0. The Kier molecular flexibility index (Phi) is 2.50. The minimum atomic E-state index is 0.960. The van der Waals surface area contributed by atoms with Gasteiger partial charge in [-0.15, -0.1) is 11.3 Å². The molecule has 0 fully saturated rings. The number of thiazole rings is 1. The van der Waals surface area contributed by atoms with Gasteiger partial charge in [0.05, 0.1) is 5.69 Å². The summed E-state index contributed by atoms with van der Waals surface area (Å²) in [5.41, 5.74) is 3.49. The number of aryl methyl sites for hydroxylation is 1. The van der Waals surface area contributed by atoms with Crippen LogP contribution in [0.4, 0.5) is 5.13 Å². The highest BCUT2D eigenvalue weighted by Crippen LogP contribution is 2.24. The molecule has 1 heterocycles. The highest BCUT2D eigenvalue weighted by atomic mass is 32.1.